The van der Waals surface area contributed by atoms with Gasteiger partial charge in [0.25, 0.3) is 0 Å². The number of nitrogens with one attached hydrogen (secondary N) is 1. The summed E-state index contributed by atoms with van der Waals surface area (Å²) < 4.78 is 0.794. The number of aliphatic hydroxyl groups is 1. The summed E-state index contributed by atoms with van der Waals surface area (Å²) in [6.07, 6.45) is 0.689. The highest BCUT2D eigenvalue weighted by molar-refractivity contribution is 9.10. The molecule has 0 aliphatic rings. The number of halogens is 2. The van der Waals surface area contributed by atoms with Crippen molar-refractivity contribution < 1.29 is 10.2 Å². The van der Waals surface area contributed by atoms with Gasteiger partial charge in [-0.15, -0.1) is 0 Å². The van der Waals surface area contributed by atoms with Crippen LogP contribution >= 0.6 is 27.5 Å². The Morgan fingerprint density at radius 1 is 1.19 bits per heavy atom. The maximum absolute atomic E-state index is 9.92. The Morgan fingerprint density at radius 3 is 2.38 bits per heavy atom. The van der Waals surface area contributed by atoms with Crippen molar-refractivity contribution in [3.05, 3.63) is 57.5 Å². The van der Waals surface area contributed by atoms with Crippen LogP contribution in [0.5, 0.6) is 5.75 Å². The minimum atomic E-state index is -0.610. The van der Waals surface area contributed by atoms with E-state index in [1.807, 2.05) is 31.2 Å². The summed E-state index contributed by atoms with van der Waals surface area (Å²) in [5.74, 6) is 0.205. The van der Waals surface area contributed by atoms with Gasteiger partial charge in [-0.3, -0.25) is 0 Å². The van der Waals surface area contributed by atoms with Gasteiger partial charge in [0.2, 0.25) is 0 Å². The number of phenolic OH excluding ortho intramolecular Hbond substituents is 1. The van der Waals surface area contributed by atoms with Gasteiger partial charge in [-0.05, 0) is 58.2 Å². The van der Waals surface area contributed by atoms with E-state index < -0.39 is 5.54 Å². The third-order valence-electron chi connectivity index (χ3n) is 3.60. The summed E-state index contributed by atoms with van der Waals surface area (Å²) in [4.78, 5) is 0. The molecule has 3 N–H and O–H groups in total. The lowest BCUT2D eigenvalue weighted by atomic mass is 9.87. The lowest BCUT2D eigenvalue weighted by molar-refractivity contribution is 0.207. The quantitative estimate of drug-likeness (QED) is 0.725. The van der Waals surface area contributed by atoms with Crippen LogP contribution < -0.4 is 5.32 Å². The molecule has 0 aromatic heterocycles. The minimum absolute atomic E-state index is 0.0610. The second-order valence-corrected chi connectivity index (χ2v) is 6.16. The first-order valence-electron chi connectivity index (χ1n) is 6.64. The zero-order valence-electron chi connectivity index (χ0n) is 11.6. The smallest absolute Gasteiger partial charge is 0.115 e. The van der Waals surface area contributed by atoms with Gasteiger partial charge in [0.15, 0.2) is 0 Å². The number of phenols is 1. The van der Waals surface area contributed by atoms with Crippen molar-refractivity contribution in [1.29, 1.82) is 0 Å². The lowest BCUT2D eigenvalue weighted by Crippen LogP contribution is -2.38. The predicted octanol–water partition coefficient (Wildman–Crippen LogP) is 4.52. The first-order chi connectivity index (χ1) is 10.0. The van der Waals surface area contributed by atoms with E-state index in [-0.39, 0.29) is 12.4 Å². The number of aliphatic hydroxyl groups excluding tert-OH is 1. The van der Waals surface area contributed by atoms with Crippen LogP contribution in [-0.2, 0) is 5.54 Å². The Morgan fingerprint density at radius 2 is 1.86 bits per heavy atom. The summed E-state index contributed by atoms with van der Waals surface area (Å²) in [5.41, 5.74) is 1.16. The second kappa shape index (κ2) is 6.69. The van der Waals surface area contributed by atoms with Crippen LogP contribution in [0.4, 0.5) is 5.69 Å². The number of benzene rings is 2. The third-order valence-corrected chi connectivity index (χ3v) is 4.81. The molecule has 0 amide bonds. The number of rotatable bonds is 5. The Hall–Kier alpha value is -1.23. The second-order valence-electron chi connectivity index (χ2n) is 4.89. The SMILES string of the molecule is CCC(CO)(Nc1ccc(Cl)c(Br)c1)c1ccc(O)cc1. The highest BCUT2D eigenvalue weighted by atomic mass is 79.9. The largest absolute Gasteiger partial charge is 0.508 e. The van der Waals surface area contributed by atoms with E-state index in [4.69, 9.17) is 11.6 Å². The molecular weight excluding hydrogens is 354 g/mol. The van der Waals surface area contributed by atoms with Crippen LogP contribution in [0.25, 0.3) is 0 Å². The molecule has 2 aromatic rings. The maximum atomic E-state index is 9.92. The molecule has 0 spiro atoms. The molecule has 0 heterocycles. The standard InChI is InChI=1S/C16H17BrClNO2/c1-2-16(10-20,11-3-6-13(21)7-4-11)19-12-5-8-15(18)14(17)9-12/h3-9,19-21H,2,10H2,1H3. The zero-order chi connectivity index (χ0) is 15.5. The summed E-state index contributed by atoms with van der Waals surface area (Å²) in [6, 6.07) is 12.4. The Labute approximate surface area is 137 Å². The molecule has 0 aliphatic carbocycles. The van der Waals surface area contributed by atoms with E-state index >= 15 is 0 Å². The molecule has 5 heteroatoms. The third kappa shape index (κ3) is 3.51. The molecule has 3 nitrogen and oxygen atoms in total. The van der Waals surface area contributed by atoms with Crippen LogP contribution in [-0.4, -0.2) is 16.8 Å². The molecule has 0 saturated heterocycles. The van der Waals surface area contributed by atoms with Gasteiger partial charge in [0.1, 0.15) is 5.75 Å². The fraction of sp³-hybridized carbons (Fsp3) is 0.250. The molecule has 0 aliphatic heterocycles. The van der Waals surface area contributed by atoms with Crippen LogP contribution in [0.1, 0.15) is 18.9 Å². The Kier molecular flexibility index (Phi) is 5.14. The van der Waals surface area contributed by atoms with E-state index in [0.717, 1.165) is 15.7 Å². The van der Waals surface area contributed by atoms with Crippen molar-refractivity contribution in [2.24, 2.45) is 0 Å². The number of aromatic hydroxyl groups is 1. The highest BCUT2D eigenvalue weighted by Gasteiger charge is 2.29. The summed E-state index contributed by atoms with van der Waals surface area (Å²) >= 11 is 9.40. The van der Waals surface area contributed by atoms with Crippen molar-refractivity contribution in [1.82, 2.24) is 0 Å². The fourth-order valence-corrected chi connectivity index (χ4v) is 2.73. The monoisotopic (exact) mass is 369 g/mol. The van der Waals surface area contributed by atoms with Crippen molar-refractivity contribution in [2.45, 2.75) is 18.9 Å². The average Bonchev–Trinajstić information content (AvgIpc) is 2.49. The van der Waals surface area contributed by atoms with E-state index in [1.54, 1.807) is 18.2 Å². The summed E-state index contributed by atoms with van der Waals surface area (Å²) in [7, 11) is 0. The molecule has 0 fully saturated rings. The topological polar surface area (TPSA) is 52.5 Å². The van der Waals surface area contributed by atoms with E-state index in [1.165, 1.54) is 0 Å². The lowest BCUT2D eigenvalue weighted by Gasteiger charge is -2.34. The number of anilines is 1. The van der Waals surface area contributed by atoms with Crippen LogP contribution in [0.3, 0.4) is 0 Å². The van der Waals surface area contributed by atoms with Gasteiger partial charge >= 0.3 is 0 Å². The van der Waals surface area contributed by atoms with Crippen molar-refractivity contribution in [2.75, 3.05) is 11.9 Å². The molecule has 2 rings (SSSR count). The van der Waals surface area contributed by atoms with Gasteiger partial charge in [-0.25, -0.2) is 0 Å². The predicted molar refractivity (Wildman–Crippen MR) is 89.9 cm³/mol. The normalized spacial score (nSPS) is 13.7. The van der Waals surface area contributed by atoms with Crippen LogP contribution in [0, 0.1) is 0 Å². The van der Waals surface area contributed by atoms with Gasteiger partial charge in [-0.1, -0.05) is 30.7 Å². The maximum Gasteiger partial charge on any atom is 0.115 e. The molecule has 1 unspecified atom stereocenters. The fourth-order valence-electron chi connectivity index (χ4n) is 2.24. The molecule has 2 aromatic carbocycles. The first kappa shape index (κ1) is 16.1. The van der Waals surface area contributed by atoms with Gasteiger partial charge in [0, 0.05) is 10.2 Å². The highest BCUT2D eigenvalue weighted by Crippen LogP contribution is 2.33. The van der Waals surface area contributed by atoms with Crippen molar-refractivity contribution in [3.8, 4) is 5.75 Å². The molecule has 21 heavy (non-hydrogen) atoms. The molecular formula is C16H17BrClNO2. The van der Waals surface area contributed by atoms with E-state index in [0.29, 0.717) is 11.4 Å². The molecule has 112 valence electrons. The Balaban J connectivity index is 2.37. The Bertz CT molecular complexity index is 612. The molecule has 0 saturated carbocycles. The van der Waals surface area contributed by atoms with Gasteiger partial charge in [0.05, 0.1) is 17.2 Å². The van der Waals surface area contributed by atoms with E-state index in [9.17, 15) is 10.2 Å². The summed E-state index contributed by atoms with van der Waals surface area (Å²) in [6.45, 7) is 1.94. The van der Waals surface area contributed by atoms with Crippen LogP contribution in [0.15, 0.2) is 46.9 Å². The van der Waals surface area contributed by atoms with E-state index in [2.05, 4.69) is 21.2 Å². The van der Waals surface area contributed by atoms with Crippen molar-refractivity contribution in [3.63, 3.8) is 0 Å². The molecule has 1 atom stereocenters. The van der Waals surface area contributed by atoms with Crippen LogP contribution in [0.2, 0.25) is 5.02 Å². The molecule has 0 radical (unpaired) electrons. The number of hydrogen-bond acceptors (Lipinski definition) is 3. The van der Waals surface area contributed by atoms with Crippen molar-refractivity contribution >= 4 is 33.2 Å². The summed E-state index contributed by atoms with van der Waals surface area (Å²) in [5, 5.41) is 23.4. The number of hydrogen-bond donors (Lipinski definition) is 3. The minimum Gasteiger partial charge on any atom is -0.508 e. The average molecular weight is 371 g/mol. The first-order valence-corrected chi connectivity index (χ1v) is 7.81. The molecule has 0 bridgehead atoms. The zero-order valence-corrected chi connectivity index (χ0v) is 13.9. The van der Waals surface area contributed by atoms with Gasteiger partial charge < -0.3 is 15.5 Å². The van der Waals surface area contributed by atoms with Gasteiger partial charge in [-0.2, -0.15) is 0 Å².